The van der Waals surface area contributed by atoms with Crippen LogP contribution in [0.1, 0.15) is 12.0 Å². The third kappa shape index (κ3) is 4.30. The molecule has 1 rings (SSSR count). The van der Waals surface area contributed by atoms with Crippen LogP contribution in [0.15, 0.2) is 18.2 Å². The molecule has 0 unspecified atom stereocenters. The lowest BCUT2D eigenvalue weighted by Gasteiger charge is -2.12. The average Bonchev–Trinajstić information content (AvgIpc) is 2.14. The summed E-state index contributed by atoms with van der Waals surface area (Å²) < 4.78 is 12.8. The summed E-state index contributed by atoms with van der Waals surface area (Å²) in [6, 6.07) is 4.83. The molecule has 0 fully saturated rings. The second kappa shape index (κ2) is 5.71. The number of halogens is 1. The molecule has 0 saturated heterocycles. The van der Waals surface area contributed by atoms with Crippen molar-refractivity contribution in [1.82, 2.24) is 4.90 Å². The number of nitrogens with one attached hydrogen (secondary N) is 1. The minimum absolute atomic E-state index is 0.175. The summed E-state index contributed by atoms with van der Waals surface area (Å²) in [6.07, 6.45) is 1.09. The molecule has 0 radical (unpaired) electrons. The molecular formula is C12H19FN2. The van der Waals surface area contributed by atoms with Crippen molar-refractivity contribution in [1.29, 1.82) is 0 Å². The number of anilines is 1. The molecule has 2 nitrogen and oxygen atoms in total. The molecule has 0 aliphatic heterocycles. The van der Waals surface area contributed by atoms with Gasteiger partial charge < -0.3 is 10.2 Å². The van der Waals surface area contributed by atoms with Crippen molar-refractivity contribution < 1.29 is 4.39 Å². The summed E-state index contributed by atoms with van der Waals surface area (Å²) >= 11 is 0. The Morgan fingerprint density at radius 3 is 2.67 bits per heavy atom. The maximum atomic E-state index is 12.8. The van der Waals surface area contributed by atoms with Gasteiger partial charge >= 0.3 is 0 Å². The van der Waals surface area contributed by atoms with E-state index in [0.29, 0.717) is 0 Å². The predicted octanol–water partition coefficient (Wildman–Crippen LogP) is 2.50. The van der Waals surface area contributed by atoms with E-state index in [1.807, 2.05) is 6.92 Å². The van der Waals surface area contributed by atoms with Crippen molar-refractivity contribution in [2.24, 2.45) is 0 Å². The molecule has 0 spiro atoms. The first kappa shape index (κ1) is 12.0. The highest BCUT2D eigenvalue weighted by atomic mass is 19.1. The van der Waals surface area contributed by atoms with Crippen LogP contribution in [0.25, 0.3) is 0 Å². The van der Waals surface area contributed by atoms with E-state index >= 15 is 0 Å². The fraction of sp³-hybridized carbons (Fsp3) is 0.500. The van der Waals surface area contributed by atoms with Crippen LogP contribution in [0.2, 0.25) is 0 Å². The Morgan fingerprint density at radius 2 is 2.07 bits per heavy atom. The first-order chi connectivity index (χ1) is 7.09. The Labute approximate surface area is 91.1 Å². The highest BCUT2D eigenvalue weighted by Crippen LogP contribution is 2.15. The molecule has 3 heteroatoms. The van der Waals surface area contributed by atoms with E-state index in [4.69, 9.17) is 0 Å². The van der Waals surface area contributed by atoms with Gasteiger partial charge in [-0.1, -0.05) is 0 Å². The van der Waals surface area contributed by atoms with Crippen molar-refractivity contribution in [3.63, 3.8) is 0 Å². The lowest BCUT2D eigenvalue weighted by Crippen LogP contribution is -2.16. The molecule has 1 aromatic carbocycles. The standard InChI is InChI=1S/C12H19FN2/c1-10-9-11(13)5-6-12(10)14-7-4-8-15(2)3/h5-6,9,14H,4,7-8H2,1-3H3. The molecule has 0 amide bonds. The van der Waals surface area contributed by atoms with Crippen molar-refractivity contribution in [2.75, 3.05) is 32.5 Å². The quantitative estimate of drug-likeness (QED) is 0.751. The van der Waals surface area contributed by atoms with Crippen molar-refractivity contribution in [3.05, 3.63) is 29.6 Å². The molecular weight excluding hydrogens is 191 g/mol. The number of benzene rings is 1. The predicted molar refractivity (Wildman–Crippen MR) is 62.8 cm³/mol. The molecule has 0 aliphatic carbocycles. The molecule has 0 aliphatic rings. The highest BCUT2D eigenvalue weighted by molar-refractivity contribution is 5.50. The molecule has 0 heterocycles. The van der Waals surface area contributed by atoms with Crippen LogP contribution >= 0.6 is 0 Å². The zero-order valence-corrected chi connectivity index (χ0v) is 9.68. The smallest absolute Gasteiger partial charge is 0.123 e. The van der Waals surface area contributed by atoms with E-state index in [1.165, 1.54) is 6.07 Å². The molecule has 84 valence electrons. The summed E-state index contributed by atoms with van der Waals surface area (Å²) in [5.74, 6) is -0.175. The summed E-state index contributed by atoms with van der Waals surface area (Å²) in [6.45, 7) is 3.90. The highest BCUT2D eigenvalue weighted by Gasteiger charge is 1.98. The monoisotopic (exact) mass is 210 g/mol. The number of aryl methyl sites for hydroxylation is 1. The Hall–Kier alpha value is -1.09. The Bertz CT molecular complexity index is 310. The summed E-state index contributed by atoms with van der Waals surface area (Å²) in [4.78, 5) is 2.15. The van der Waals surface area contributed by atoms with Gasteiger partial charge in [-0.15, -0.1) is 0 Å². The molecule has 1 aromatic rings. The third-order valence-corrected chi connectivity index (χ3v) is 2.29. The summed E-state index contributed by atoms with van der Waals surface area (Å²) in [5, 5.41) is 3.30. The molecule has 0 atom stereocenters. The van der Waals surface area contributed by atoms with E-state index in [1.54, 1.807) is 12.1 Å². The van der Waals surface area contributed by atoms with Gasteiger partial charge in [-0.05, 0) is 57.7 Å². The normalized spacial score (nSPS) is 10.7. The van der Waals surface area contributed by atoms with Crippen LogP contribution in [-0.2, 0) is 0 Å². The lowest BCUT2D eigenvalue weighted by atomic mass is 10.2. The fourth-order valence-corrected chi connectivity index (χ4v) is 1.44. The van der Waals surface area contributed by atoms with E-state index in [2.05, 4.69) is 24.3 Å². The third-order valence-electron chi connectivity index (χ3n) is 2.29. The van der Waals surface area contributed by atoms with Gasteiger partial charge in [0.25, 0.3) is 0 Å². The molecule has 0 saturated carbocycles. The number of hydrogen-bond donors (Lipinski definition) is 1. The fourth-order valence-electron chi connectivity index (χ4n) is 1.44. The first-order valence-corrected chi connectivity index (χ1v) is 5.24. The van der Waals surface area contributed by atoms with Crippen LogP contribution in [0.5, 0.6) is 0 Å². The van der Waals surface area contributed by atoms with Crippen molar-refractivity contribution in [3.8, 4) is 0 Å². The topological polar surface area (TPSA) is 15.3 Å². The van der Waals surface area contributed by atoms with Gasteiger partial charge in [0.1, 0.15) is 5.82 Å². The van der Waals surface area contributed by atoms with Crippen LogP contribution in [0.3, 0.4) is 0 Å². The Balaban J connectivity index is 2.37. The van der Waals surface area contributed by atoms with Gasteiger partial charge in [-0.25, -0.2) is 4.39 Å². The summed E-state index contributed by atoms with van der Waals surface area (Å²) in [5.41, 5.74) is 1.98. The second-order valence-corrected chi connectivity index (χ2v) is 4.04. The first-order valence-electron chi connectivity index (χ1n) is 5.24. The van der Waals surface area contributed by atoms with Gasteiger partial charge in [-0.3, -0.25) is 0 Å². The van der Waals surface area contributed by atoms with Gasteiger partial charge in [0.2, 0.25) is 0 Å². The van der Waals surface area contributed by atoms with Crippen LogP contribution in [0.4, 0.5) is 10.1 Å². The minimum atomic E-state index is -0.175. The Kier molecular flexibility index (Phi) is 4.56. The largest absolute Gasteiger partial charge is 0.385 e. The van der Waals surface area contributed by atoms with E-state index in [9.17, 15) is 4.39 Å². The van der Waals surface area contributed by atoms with Gasteiger partial charge in [0.05, 0.1) is 0 Å². The van der Waals surface area contributed by atoms with Crippen molar-refractivity contribution in [2.45, 2.75) is 13.3 Å². The zero-order chi connectivity index (χ0) is 11.3. The zero-order valence-electron chi connectivity index (χ0n) is 9.68. The lowest BCUT2D eigenvalue weighted by molar-refractivity contribution is 0.405. The maximum Gasteiger partial charge on any atom is 0.123 e. The van der Waals surface area contributed by atoms with Gasteiger partial charge in [0.15, 0.2) is 0 Å². The Morgan fingerprint density at radius 1 is 1.33 bits per heavy atom. The van der Waals surface area contributed by atoms with E-state index < -0.39 is 0 Å². The average molecular weight is 210 g/mol. The van der Waals surface area contributed by atoms with Gasteiger partial charge in [-0.2, -0.15) is 0 Å². The van der Waals surface area contributed by atoms with Crippen molar-refractivity contribution >= 4 is 5.69 Å². The van der Waals surface area contributed by atoms with Gasteiger partial charge in [0, 0.05) is 12.2 Å². The van der Waals surface area contributed by atoms with E-state index in [-0.39, 0.29) is 5.82 Å². The maximum absolute atomic E-state index is 12.8. The molecule has 1 N–H and O–H groups in total. The molecule has 0 bridgehead atoms. The minimum Gasteiger partial charge on any atom is -0.385 e. The van der Waals surface area contributed by atoms with Crippen LogP contribution < -0.4 is 5.32 Å². The number of nitrogens with zero attached hydrogens (tertiary/aromatic N) is 1. The molecule has 15 heavy (non-hydrogen) atoms. The number of rotatable bonds is 5. The summed E-state index contributed by atoms with van der Waals surface area (Å²) in [7, 11) is 4.12. The van der Waals surface area contributed by atoms with Crippen LogP contribution in [0, 0.1) is 12.7 Å². The van der Waals surface area contributed by atoms with E-state index in [0.717, 1.165) is 30.8 Å². The second-order valence-electron chi connectivity index (χ2n) is 4.04. The number of hydrogen-bond acceptors (Lipinski definition) is 2. The van der Waals surface area contributed by atoms with Crippen LogP contribution in [-0.4, -0.2) is 32.1 Å². The molecule has 0 aromatic heterocycles. The SMILES string of the molecule is Cc1cc(F)ccc1NCCCN(C)C.